The molecule has 0 bridgehead atoms. The maximum Gasteiger partial charge on any atom is 0.232 e. The lowest BCUT2D eigenvalue weighted by molar-refractivity contribution is 0.603. The predicted molar refractivity (Wildman–Crippen MR) is 53.9 cm³/mol. The number of nitrogens with zero attached hydrogens (tertiary/aromatic N) is 3. The van der Waals surface area contributed by atoms with E-state index in [1.807, 2.05) is 0 Å². The molecule has 0 aliphatic heterocycles. The molecule has 1 heterocycles. The van der Waals surface area contributed by atoms with Gasteiger partial charge < -0.3 is 11.1 Å². The Balaban J connectivity index is 2.30. The van der Waals surface area contributed by atoms with Crippen molar-refractivity contribution in [1.82, 2.24) is 15.0 Å². The van der Waals surface area contributed by atoms with Gasteiger partial charge in [-0.2, -0.15) is 4.98 Å². The third-order valence-electron chi connectivity index (χ3n) is 1.77. The Hall–Kier alpha value is -2.31. The van der Waals surface area contributed by atoms with Crippen LogP contribution in [0.1, 0.15) is 0 Å². The van der Waals surface area contributed by atoms with Crippen LogP contribution in [0.4, 0.5) is 26.4 Å². The van der Waals surface area contributed by atoms with E-state index in [2.05, 4.69) is 20.3 Å². The fourth-order valence-electron chi connectivity index (χ4n) is 1.08. The first-order valence-electron chi connectivity index (χ1n) is 4.32. The highest BCUT2D eigenvalue weighted by molar-refractivity contribution is 5.54. The first kappa shape index (κ1) is 10.2. The SMILES string of the molecule is Nc1ncnc(Nc2cc(F)ccc2F)n1. The average Bonchev–Trinajstić information content (AvgIpc) is 2.24. The van der Waals surface area contributed by atoms with Gasteiger partial charge in [-0.05, 0) is 12.1 Å². The van der Waals surface area contributed by atoms with Crippen LogP contribution in [0.3, 0.4) is 0 Å². The Labute approximate surface area is 89.4 Å². The van der Waals surface area contributed by atoms with Gasteiger partial charge in [-0.1, -0.05) is 0 Å². The van der Waals surface area contributed by atoms with Crippen molar-refractivity contribution in [3.8, 4) is 0 Å². The molecular weight excluding hydrogens is 216 g/mol. The Morgan fingerprint density at radius 1 is 1.19 bits per heavy atom. The minimum absolute atomic E-state index is 0.00527. The summed E-state index contributed by atoms with van der Waals surface area (Å²) in [6, 6.07) is 3.01. The number of nitrogens with one attached hydrogen (secondary N) is 1. The van der Waals surface area contributed by atoms with E-state index in [0.29, 0.717) is 0 Å². The maximum atomic E-state index is 13.2. The standard InChI is InChI=1S/C9H7F2N5/c10-5-1-2-6(11)7(3-5)15-9-14-4-13-8(12)16-9/h1-4H,(H3,12,13,14,15,16). The Morgan fingerprint density at radius 2 is 2.00 bits per heavy atom. The molecule has 2 rings (SSSR count). The Morgan fingerprint density at radius 3 is 2.75 bits per heavy atom. The van der Waals surface area contributed by atoms with Crippen molar-refractivity contribution in [2.24, 2.45) is 0 Å². The van der Waals surface area contributed by atoms with Gasteiger partial charge in [0.15, 0.2) is 0 Å². The van der Waals surface area contributed by atoms with Gasteiger partial charge >= 0.3 is 0 Å². The molecule has 0 amide bonds. The van der Waals surface area contributed by atoms with Gasteiger partial charge in [0, 0.05) is 6.07 Å². The quantitative estimate of drug-likeness (QED) is 0.806. The Bertz CT molecular complexity index is 517. The molecule has 3 N–H and O–H groups in total. The number of halogens is 2. The van der Waals surface area contributed by atoms with Crippen LogP contribution in [0.15, 0.2) is 24.5 Å². The van der Waals surface area contributed by atoms with Crippen LogP contribution in [-0.2, 0) is 0 Å². The zero-order chi connectivity index (χ0) is 11.5. The van der Waals surface area contributed by atoms with Crippen LogP contribution in [0.25, 0.3) is 0 Å². The molecule has 16 heavy (non-hydrogen) atoms. The van der Waals surface area contributed by atoms with Gasteiger partial charge in [0.25, 0.3) is 0 Å². The second kappa shape index (κ2) is 4.05. The van der Waals surface area contributed by atoms with E-state index in [0.717, 1.165) is 18.2 Å². The highest BCUT2D eigenvalue weighted by Crippen LogP contribution is 2.18. The second-order valence-corrected chi connectivity index (χ2v) is 2.92. The second-order valence-electron chi connectivity index (χ2n) is 2.92. The molecule has 7 heteroatoms. The van der Waals surface area contributed by atoms with Crippen LogP contribution in [0.5, 0.6) is 0 Å². The lowest BCUT2D eigenvalue weighted by Crippen LogP contribution is -2.03. The summed E-state index contributed by atoms with van der Waals surface area (Å²) in [5.74, 6) is -1.13. The number of anilines is 3. The normalized spacial score (nSPS) is 10.1. The van der Waals surface area contributed by atoms with Crippen LogP contribution in [-0.4, -0.2) is 15.0 Å². The fraction of sp³-hybridized carbons (Fsp3) is 0. The highest BCUT2D eigenvalue weighted by Gasteiger charge is 2.05. The molecule has 0 aliphatic rings. The third kappa shape index (κ3) is 2.19. The molecule has 0 fully saturated rings. The zero-order valence-corrected chi connectivity index (χ0v) is 7.98. The molecule has 0 unspecified atom stereocenters. The van der Waals surface area contributed by atoms with E-state index >= 15 is 0 Å². The molecule has 0 saturated carbocycles. The monoisotopic (exact) mass is 223 g/mol. The van der Waals surface area contributed by atoms with Crippen molar-refractivity contribution >= 4 is 17.6 Å². The van der Waals surface area contributed by atoms with E-state index in [9.17, 15) is 8.78 Å². The molecule has 0 atom stereocenters. The third-order valence-corrected chi connectivity index (χ3v) is 1.77. The minimum atomic E-state index is -0.611. The minimum Gasteiger partial charge on any atom is -0.368 e. The number of aromatic nitrogens is 3. The molecule has 1 aromatic heterocycles. The smallest absolute Gasteiger partial charge is 0.232 e. The summed E-state index contributed by atoms with van der Waals surface area (Å²) in [5.41, 5.74) is 5.25. The largest absolute Gasteiger partial charge is 0.368 e. The molecule has 2 aromatic rings. The average molecular weight is 223 g/mol. The number of nitrogens with two attached hydrogens (primary N) is 1. The topological polar surface area (TPSA) is 76.7 Å². The highest BCUT2D eigenvalue weighted by atomic mass is 19.1. The van der Waals surface area contributed by atoms with Crippen molar-refractivity contribution in [3.63, 3.8) is 0 Å². The fourth-order valence-corrected chi connectivity index (χ4v) is 1.08. The summed E-state index contributed by atoms with van der Waals surface area (Å²) >= 11 is 0. The Kier molecular flexibility index (Phi) is 2.59. The van der Waals surface area contributed by atoms with Crippen LogP contribution in [0, 0.1) is 11.6 Å². The van der Waals surface area contributed by atoms with Gasteiger partial charge in [0.05, 0.1) is 5.69 Å². The van der Waals surface area contributed by atoms with E-state index in [1.165, 1.54) is 6.33 Å². The molecular formula is C9H7F2N5. The number of rotatable bonds is 2. The van der Waals surface area contributed by atoms with E-state index in [1.54, 1.807) is 0 Å². The zero-order valence-electron chi connectivity index (χ0n) is 7.98. The van der Waals surface area contributed by atoms with Crippen molar-refractivity contribution in [1.29, 1.82) is 0 Å². The lowest BCUT2D eigenvalue weighted by Gasteiger charge is -2.05. The first-order chi connectivity index (χ1) is 7.65. The van der Waals surface area contributed by atoms with Gasteiger partial charge in [-0.3, -0.25) is 0 Å². The molecule has 0 radical (unpaired) electrons. The summed E-state index contributed by atoms with van der Waals surface area (Å²) < 4.78 is 26.1. The van der Waals surface area contributed by atoms with E-state index in [4.69, 9.17) is 5.73 Å². The van der Waals surface area contributed by atoms with Crippen molar-refractivity contribution in [2.75, 3.05) is 11.1 Å². The summed E-state index contributed by atoms with van der Waals surface area (Å²) in [7, 11) is 0. The van der Waals surface area contributed by atoms with Crippen LogP contribution < -0.4 is 11.1 Å². The summed E-state index contributed by atoms with van der Waals surface area (Å²) in [4.78, 5) is 11.0. The summed E-state index contributed by atoms with van der Waals surface area (Å²) in [5, 5.41) is 2.50. The lowest BCUT2D eigenvalue weighted by atomic mass is 10.3. The van der Waals surface area contributed by atoms with E-state index in [-0.39, 0.29) is 17.6 Å². The van der Waals surface area contributed by atoms with Crippen molar-refractivity contribution < 1.29 is 8.78 Å². The van der Waals surface area contributed by atoms with Crippen molar-refractivity contribution in [3.05, 3.63) is 36.2 Å². The van der Waals surface area contributed by atoms with Crippen molar-refractivity contribution in [2.45, 2.75) is 0 Å². The number of hydrogen-bond donors (Lipinski definition) is 2. The molecule has 1 aromatic carbocycles. The van der Waals surface area contributed by atoms with E-state index < -0.39 is 11.6 Å². The first-order valence-corrected chi connectivity index (χ1v) is 4.32. The predicted octanol–water partition coefficient (Wildman–Crippen LogP) is 1.48. The van der Waals surface area contributed by atoms with Crippen LogP contribution >= 0.6 is 0 Å². The van der Waals surface area contributed by atoms with Gasteiger partial charge in [0.1, 0.15) is 18.0 Å². The van der Waals surface area contributed by atoms with Gasteiger partial charge in [0.2, 0.25) is 11.9 Å². The summed E-state index contributed by atoms with van der Waals surface area (Å²) in [6.07, 6.45) is 1.17. The van der Waals surface area contributed by atoms with Gasteiger partial charge in [-0.25, -0.2) is 18.7 Å². The molecule has 0 saturated heterocycles. The molecule has 5 nitrogen and oxygen atoms in total. The molecule has 82 valence electrons. The maximum absolute atomic E-state index is 13.2. The van der Waals surface area contributed by atoms with Crippen LogP contribution in [0.2, 0.25) is 0 Å². The molecule has 0 spiro atoms. The number of benzene rings is 1. The number of hydrogen-bond acceptors (Lipinski definition) is 5. The summed E-state index contributed by atoms with van der Waals surface area (Å²) in [6.45, 7) is 0. The van der Waals surface area contributed by atoms with Gasteiger partial charge in [-0.15, -0.1) is 0 Å². The molecule has 0 aliphatic carbocycles. The number of nitrogen functional groups attached to an aromatic ring is 1.